The number of aromatic amines is 1. The molecule has 7 amide bonds. The number of nitrogens with one attached hydrogen (secondary N) is 4. The summed E-state index contributed by atoms with van der Waals surface area (Å²) in [6, 6.07) is 52.1. The van der Waals surface area contributed by atoms with Crippen molar-refractivity contribution in [2.24, 2.45) is 11.0 Å². The number of thioether (sulfide) groups is 2. The maximum absolute atomic E-state index is 12.9. The number of imide groups is 2. The topological polar surface area (TPSA) is 490 Å². The summed E-state index contributed by atoms with van der Waals surface area (Å²) in [5.74, 6) is -3.14. The van der Waals surface area contributed by atoms with Crippen LogP contribution in [0, 0.1) is 42.4 Å². The van der Waals surface area contributed by atoms with Gasteiger partial charge in [0.2, 0.25) is 0 Å². The molecule has 7 N–H and O–H groups in total. The van der Waals surface area contributed by atoms with Crippen molar-refractivity contribution in [2.45, 2.75) is 83.2 Å². The van der Waals surface area contributed by atoms with Crippen LogP contribution in [0.25, 0.3) is 40.9 Å². The summed E-state index contributed by atoms with van der Waals surface area (Å²) in [6.45, 7) is 12.2. The number of β-amino-alcohol motifs (C(OH)–C–C–N with tert-alkyl or cyclic N) is 1. The standard InChI is InChI=1S/C24H24BrN5O2S.C23H20N2O6.C22H18N2O6.C20H21ClN2O3.C16H12BrNO6S2/c1-14-22(25)16(3)30(29-14)13-18-11-17(9-10-20(18)32-4)12-26-28-24(31)23-15(2)27-19-7-5-6-8-21(19)33-23;1-14-18(21(27)25(10-3-11-26)22(28)19(14)13-24)12-17-8-9-20(31-17)15-4-6-16(7-5-15)23(29)30-2;1-13-17(20(26)24(8-9-25)21(27)18(13)12-23)11-16-6-7-19(30-16)14-4-3-5-15(10-14)22(28)29-2;1-14-8-10-23(11-9-14)20(25)18(13-17-3-2-12-26-17)22-19(24)15-4-6-16(21)7-5-15;1-23-14(20)10-9(7-5-6(17)3-4-8(7)19)11-13(18-16(22)26-11)25-12(10)15(21)24-2/h5-12,27H,13H2,1-4H3,(H,28,31);4-9,12,26H,3,10-11H2,1-2H3;3-7,10-11,25H,8-9H2,1-2H3;2-7,12-14H,8-11H2,1H3,(H,22,24);3-5,9,19H,1-2H3,(H,18,22)/b26-12+;18-12-;17-11-;18-13+;. The number of aromatic nitrogens is 3. The summed E-state index contributed by atoms with van der Waals surface area (Å²) in [5.41, 5.74) is 11.9. The van der Waals surface area contributed by atoms with E-state index in [0.717, 1.165) is 100 Å². The summed E-state index contributed by atoms with van der Waals surface area (Å²) in [7, 11) is 6.64. The van der Waals surface area contributed by atoms with Crippen molar-refractivity contribution < 1.29 is 105 Å². The smallest absolute Gasteiger partial charge is 0.345 e. The van der Waals surface area contributed by atoms with Gasteiger partial charge in [0, 0.05) is 91.4 Å². The number of hydrogen-bond acceptors (Lipinski definition) is 31. The Bertz CT molecular complexity index is 7320. The maximum atomic E-state index is 12.9. The summed E-state index contributed by atoms with van der Waals surface area (Å²) in [4.78, 5) is 156. The predicted molar refractivity (Wildman–Crippen MR) is 552 cm³/mol. The second-order valence-corrected chi connectivity index (χ2v) is 37.7. The van der Waals surface area contributed by atoms with E-state index >= 15 is 0 Å². The zero-order chi connectivity index (χ0) is 105. The van der Waals surface area contributed by atoms with Gasteiger partial charge in [0.15, 0.2) is 0 Å². The number of piperidine rings is 1. The zero-order valence-corrected chi connectivity index (χ0v) is 86.6. The lowest BCUT2D eigenvalue weighted by molar-refractivity contribution is -0.142. The summed E-state index contributed by atoms with van der Waals surface area (Å²) < 4.78 is 45.1. The number of allylic oxidation sites excluding steroid dienone is 1. The highest BCUT2D eigenvalue weighted by atomic mass is 79.9. The Morgan fingerprint density at radius 1 is 0.637 bits per heavy atom. The van der Waals surface area contributed by atoms with Gasteiger partial charge in [0.1, 0.15) is 74.2 Å². The van der Waals surface area contributed by atoms with Crippen LogP contribution < -0.4 is 25.7 Å². The van der Waals surface area contributed by atoms with Gasteiger partial charge in [-0.15, -0.1) is 0 Å². The SMILES string of the molecule is CC1CCN(C(=O)/C(=C\c2ccco2)NC(=O)c2ccc(Cl)cc2)CC1.COC(=O)C1=C(C(=O)OC)C(c2cc(Br)ccc2O)c2sc(=O)[nH]c2S1.COC(=O)c1ccc(-c2ccc(/C=C3\C(=O)N(CCCO)C(=O)C(C#N)=C3C)o2)cc1.COC(=O)c1cccc(-c2ccc(/C=C3\C(=O)N(CCO)C(=O)C(C#N)=C3C)o2)c1.COc1ccc(/C=N/NC(=O)C2=C(C)Nc3ccccc3S2)cc1Cn1nc(C)c(Br)c1C. The van der Waals surface area contributed by atoms with Gasteiger partial charge in [-0.3, -0.25) is 52.8 Å². The number of para-hydroxylation sites is 1. The molecule has 0 radical (unpaired) electrons. The van der Waals surface area contributed by atoms with Crippen molar-refractivity contribution in [2.75, 3.05) is 80.3 Å². The molecule has 41 heteroatoms. The highest BCUT2D eigenvalue weighted by Crippen LogP contribution is 2.51. The number of carbonyl (C=O) groups excluding carboxylic acids is 11. The van der Waals surface area contributed by atoms with Crippen LogP contribution in [0.1, 0.15) is 134 Å². The summed E-state index contributed by atoms with van der Waals surface area (Å²) in [6.07, 6.45) is 9.79. The molecule has 0 bridgehead atoms. The van der Waals surface area contributed by atoms with Crippen molar-refractivity contribution in [3.05, 3.63) is 327 Å². The molecule has 1 fully saturated rings. The first-order valence-corrected chi connectivity index (χ1v) is 49.0. The van der Waals surface area contributed by atoms with E-state index in [4.69, 9.17) is 54.0 Å². The first-order valence-electron chi connectivity index (χ1n) is 44.6. The van der Waals surface area contributed by atoms with E-state index in [1.165, 1.54) is 71.6 Å². The fourth-order valence-electron chi connectivity index (χ4n) is 15.3. The van der Waals surface area contributed by atoms with E-state index in [1.54, 1.807) is 153 Å². The average Bonchev–Trinajstić information content (AvgIpc) is 1.56. The molecule has 5 aliphatic rings. The minimum absolute atomic E-state index is 0.00488. The van der Waals surface area contributed by atoms with Crippen LogP contribution in [0.5, 0.6) is 11.5 Å². The molecule has 11 aromatic rings. The van der Waals surface area contributed by atoms with E-state index < -0.39 is 60.0 Å². The largest absolute Gasteiger partial charge is 0.508 e. The molecule has 16 rings (SSSR count). The monoisotopic (exact) mass is 2180 g/mol. The molecule has 752 valence electrons. The number of hydrazone groups is 1. The number of H-pyrrole nitrogens is 1. The lowest BCUT2D eigenvalue weighted by Crippen LogP contribution is -2.44. The third-order valence-electron chi connectivity index (χ3n) is 23.0. The second kappa shape index (κ2) is 50.6. The van der Waals surface area contributed by atoms with Crippen LogP contribution in [-0.4, -0.2) is 191 Å². The Morgan fingerprint density at radius 2 is 1.25 bits per heavy atom. The fourth-order valence-corrected chi connectivity index (χ4v) is 19.2. The van der Waals surface area contributed by atoms with Gasteiger partial charge < -0.3 is 72.8 Å². The Morgan fingerprint density at radius 3 is 1.84 bits per heavy atom. The number of furan rings is 3. The number of amides is 7. The number of methoxy groups -OCH3 is 5. The average molecular weight is 2180 g/mol. The number of aryl methyl sites for hydroxylation is 1. The Balaban J connectivity index is 0.000000163. The Hall–Kier alpha value is -15.5. The van der Waals surface area contributed by atoms with E-state index in [-0.39, 0.29) is 104 Å². The van der Waals surface area contributed by atoms with Gasteiger partial charge in [-0.25, -0.2) is 24.6 Å². The molecule has 5 aromatic heterocycles. The van der Waals surface area contributed by atoms with Gasteiger partial charge in [-0.05, 0) is 238 Å². The van der Waals surface area contributed by atoms with E-state index in [0.29, 0.717) is 106 Å². The van der Waals surface area contributed by atoms with Gasteiger partial charge in [0.05, 0.1) is 127 Å². The number of likely N-dealkylation sites (tertiary alicyclic amines) is 1. The van der Waals surface area contributed by atoms with Crippen LogP contribution in [-0.2, 0) is 63.8 Å². The molecule has 1 saturated heterocycles. The zero-order valence-electron chi connectivity index (χ0n) is 80.2. The molecule has 10 heterocycles. The number of nitriles is 2. The number of nitrogens with zero attached hydrogens (tertiary/aromatic N) is 8. The van der Waals surface area contributed by atoms with Crippen LogP contribution in [0.4, 0.5) is 5.69 Å². The van der Waals surface area contributed by atoms with Crippen molar-refractivity contribution in [3.8, 4) is 46.3 Å². The molecule has 1 atom stereocenters. The normalized spacial score (nSPS) is 15.1. The Kier molecular flexibility index (Phi) is 37.9. The first kappa shape index (κ1) is 109. The summed E-state index contributed by atoms with van der Waals surface area (Å²) >= 11 is 16.0. The predicted octanol–water partition coefficient (Wildman–Crippen LogP) is 16.9. The number of rotatable bonds is 24. The molecule has 6 aromatic carbocycles. The molecule has 5 aliphatic heterocycles. The van der Waals surface area contributed by atoms with Gasteiger partial charge >= 0.3 is 28.8 Å². The molecule has 0 saturated carbocycles. The molecule has 0 aliphatic carbocycles. The minimum atomic E-state index is -0.853. The van der Waals surface area contributed by atoms with E-state index in [1.807, 2.05) is 80.1 Å². The number of phenolic OH excluding ortho intramolecular Hbond substituents is 1. The number of aliphatic hydroxyl groups is 2. The number of phenols is 1. The molecule has 35 nitrogen and oxygen atoms in total. The van der Waals surface area contributed by atoms with Crippen LogP contribution in [0.2, 0.25) is 5.02 Å². The highest BCUT2D eigenvalue weighted by molar-refractivity contribution is 9.10. The number of esters is 4. The first-order chi connectivity index (χ1) is 70.1. The molecule has 0 spiro atoms. The van der Waals surface area contributed by atoms with Crippen LogP contribution >= 0.6 is 78.3 Å². The highest BCUT2D eigenvalue weighted by Gasteiger charge is 2.42. The van der Waals surface area contributed by atoms with Gasteiger partial charge in [0.25, 0.3) is 41.4 Å². The van der Waals surface area contributed by atoms with E-state index in [9.17, 15) is 73.2 Å². The molecular formula is C105H95Br2ClN12O23S3. The number of anilines is 1. The number of ether oxygens (including phenoxy) is 5. The minimum Gasteiger partial charge on any atom is -0.508 e. The van der Waals surface area contributed by atoms with Crippen LogP contribution in [0.3, 0.4) is 0 Å². The van der Waals surface area contributed by atoms with Gasteiger partial charge in [-0.1, -0.05) is 106 Å². The van der Waals surface area contributed by atoms with Gasteiger partial charge in [-0.2, -0.15) is 20.7 Å². The summed E-state index contributed by atoms with van der Waals surface area (Å²) in [5, 5.41) is 63.0. The Labute approximate surface area is 870 Å². The molecule has 146 heavy (non-hydrogen) atoms. The number of aliphatic hydroxyl groups excluding tert-OH is 2. The number of carbonyl (C=O) groups is 11. The second-order valence-electron chi connectivity index (χ2n) is 32.5. The number of fused-ring (bicyclic) bond motifs is 2. The third kappa shape index (κ3) is 26.3. The molecular weight excluding hydrogens is 2090 g/mol. The maximum Gasteiger partial charge on any atom is 0.345 e. The van der Waals surface area contributed by atoms with Crippen molar-refractivity contribution in [1.82, 2.24) is 40.2 Å². The number of benzene rings is 6. The fraction of sp³-hybridized carbons (Fsp3) is 0.219. The van der Waals surface area contributed by atoms with Crippen molar-refractivity contribution >= 4 is 174 Å². The lowest BCUT2D eigenvalue weighted by atomic mass is 9.88. The lowest BCUT2D eigenvalue weighted by Gasteiger charge is -2.31. The number of halogens is 3. The molecule has 1 unspecified atom stereocenters. The van der Waals surface area contributed by atoms with E-state index in [2.05, 4.69) is 74.8 Å². The number of hydrogen-bond donors (Lipinski definition) is 7. The quantitative estimate of drug-likeness (QED) is 0.00737. The number of aromatic hydroxyl groups is 1. The third-order valence-corrected chi connectivity index (χ3v) is 28.3. The van der Waals surface area contributed by atoms with Crippen LogP contribution in [0.15, 0.2) is 278 Å². The van der Waals surface area contributed by atoms with Crippen molar-refractivity contribution in [3.63, 3.8) is 0 Å². The number of thiazole rings is 1. The van der Waals surface area contributed by atoms with Crippen molar-refractivity contribution in [1.29, 1.82) is 10.5 Å².